The lowest BCUT2D eigenvalue weighted by Gasteiger charge is -2.56. The average Bonchev–Trinajstić information content (AvgIpc) is 2.87. The molecule has 0 heterocycles. The number of carbonyl (C=O) groups is 1. The van der Waals surface area contributed by atoms with Gasteiger partial charge in [0.1, 0.15) is 11.4 Å². The van der Waals surface area contributed by atoms with Gasteiger partial charge in [-0.2, -0.15) is 0 Å². The van der Waals surface area contributed by atoms with Gasteiger partial charge in [-0.1, -0.05) is 36.4 Å². The maximum absolute atomic E-state index is 14.5. The Morgan fingerprint density at radius 1 is 0.703 bits per heavy atom. The van der Waals surface area contributed by atoms with E-state index in [2.05, 4.69) is 81.4 Å². The van der Waals surface area contributed by atoms with Gasteiger partial charge in [-0.05, 0) is 136 Å². The SMILES string of the molecule is CC(C)(C)Oc1ccc(S(OC(=O)C23CC4CC(CC(C4)C2)C3)(c2ccccc2)c2ccccc2)cc1. The van der Waals surface area contributed by atoms with Crippen molar-refractivity contribution in [3.8, 4) is 5.75 Å². The zero-order valence-corrected chi connectivity index (χ0v) is 23.0. The number of hydrogen-bond donors (Lipinski definition) is 0. The number of carbonyl (C=O) groups excluding carboxylic acids is 1. The molecule has 0 aliphatic heterocycles. The summed E-state index contributed by atoms with van der Waals surface area (Å²) in [6.45, 7) is 6.16. The van der Waals surface area contributed by atoms with Gasteiger partial charge in [0.2, 0.25) is 0 Å². The van der Waals surface area contributed by atoms with Crippen molar-refractivity contribution in [2.24, 2.45) is 23.2 Å². The summed E-state index contributed by atoms with van der Waals surface area (Å²) in [5.41, 5.74) is -0.610. The Labute approximate surface area is 223 Å². The zero-order valence-electron chi connectivity index (χ0n) is 22.2. The minimum Gasteiger partial charge on any atom is -0.488 e. The third kappa shape index (κ3) is 4.58. The molecule has 4 aliphatic carbocycles. The first-order valence-electron chi connectivity index (χ1n) is 13.7. The van der Waals surface area contributed by atoms with Crippen LogP contribution in [0.25, 0.3) is 0 Å². The first-order chi connectivity index (χ1) is 17.8. The van der Waals surface area contributed by atoms with E-state index in [1.807, 2.05) is 24.3 Å². The van der Waals surface area contributed by atoms with Crippen molar-refractivity contribution in [3.05, 3.63) is 84.9 Å². The molecule has 4 aliphatic rings. The molecule has 0 spiro atoms. The largest absolute Gasteiger partial charge is 0.488 e. The Morgan fingerprint density at radius 2 is 1.14 bits per heavy atom. The highest BCUT2D eigenvalue weighted by atomic mass is 32.3. The molecule has 0 amide bonds. The summed E-state index contributed by atoms with van der Waals surface area (Å²) in [4.78, 5) is 17.6. The second-order valence-electron chi connectivity index (χ2n) is 12.4. The molecule has 0 atom stereocenters. The van der Waals surface area contributed by atoms with Crippen LogP contribution in [0.15, 0.2) is 99.6 Å². The summed E-state index contributed by atoms with van der Waals surface area (Å²) in [6.07, 6.45) is 6.89. The smallest absolute Gasteiger partial charge is 0.323 e. The van der Waals surface area contributed by atoms with Gasteiger partial charge < -0.3 is 8.92 Å². The number of benzene rings is 3. The van der Waals surface area contributed by atoms with E-state index in [0.29, 0.717) is 17.8 Å². The lowest BCUT2D eigenvalue weighted by molar-refractivity contribution is -0.160. The van der Waals surface area contributed by atoms with Crippen LogP contribution in [0.4, 0.5) is 0 Å². The van der Waals surface area contributed by atoms with E-state index >= 15 is 0 Å². The molecule has 4 heteroatoms. The summed E-state index contributed by atoms with van der Waals surface area (Å²) >= 11 is 0. The molecule has 3 aromatic rings. The van der Waals surface area contributed by atoms with Crippen molar-refractivity contribution in [1.82, 2.24) is 0 Å². The monoisotopic (exact) mass is 514 g/mol. The van der Waals surface area contributed by atoms with Crippen molar-refractivity contribution < 1.29 is 13.7 Å². The molecule has 3 nitrogen and oxygen atoms in total. The van der Waals surface area contributed by atoms with Crippen LogP contribution in [0.3, 0.4) is 0 Å². The lowest BCUT2D eigenvalue weighted by atomic mass is 9.49. The maximum atomic E-state index is 14.5. The van der Waals surface area contributed by atoms with E-state index in [-0.39, 0.29) is 17.0 Å². The van der Waals surface area contributed by atoms with Crippen molar-refractivity contribution >= 4 is 16.3 Å². The molecule has 4 bridgehead atoms. The average molecular weight is 515 g/mol. The van der Waals surface area contributed by atoms with Gasteiger partial charge in [-0.15, -0.1) is 0 Å². The van der Waals surface area contributed by atoms with Crippen LogP contribution in [0.5, 0.6) is 5.75 Å². The molecular formula is C33H38O3S. The van der Waals surface area contributed by atoms with Crippen molar-refractivity contribution in [1.29, 1.82) is 0 Å². The summed E-state index contributed by atoms with van der Waals surface area (Å²) in [7, 11) is -2.29. The molecule has 3 aromatic carbocycles. The first kappa shape index (κ1) is 24.6. The van der Waals surface area contributed by atoms with Crippen LogP contribution in [-0.4, -0.2) is 11.6 Å². The molecule has 7 rings (SSSR count). The normalized spacial score (nSPS) is 27.1. The van der Waals surface area contributed by atoms with Crippen LogP contribution in [0.1, 0.15) is 59.3 Å². The van der Waals surface area contributed by atoms with Crippen LogP contribution < -0.4 is 4.74 Å². The predicted molar refractivity (Wildman–Crippen MR) is 149 cm³/mol. The highest BCUT2D eigenvalue weighted by Crippen LogP contribution is 2.71. The minimum absolute atomic E-state index is 0.0179. The van der Waals surface area contributed by atoms with Gasteiger partial charge in [0.05, 0.1) is 5.41 Å². The molecular weight excluding hydrogens is 476 g/mol. The van der Waals surface area contributed by atoms with E-state index in [4.69, 9.17) is 8.92 Å². The number of ether oxygens (including phenoxy) is 1. The second-order valence-corrected chi connectivity index (χ2v) is 15.1. The van der Waals surface area contributed by atoms with Gasteiger partial charge in [0.25, 0.3) is 0 Å². The first-order valence-corrected chi connectivity index (χ1v) is 15.3. The second kappa shape index (κ2) is 9.23. The van der Waals surface area contributed by atoms with Gasteiger partial charge >= 0.3 is 5.97 Å². The number of rotatable bonds is 6. The standard InChI is InChI=1S/C33H38O3S/c1-32(2,3)35-27-14-16-30(17-15-27)37(28-10-6-4-7-11-28,29-12-8-5-9-13-29)36-31(34)33-21-24-18-25(22-33)20-26(19-24)23-33/h4-17,24-26H,18-23H2,1-3H3. The van der Waals surface area contributed by atoms with Gasteiger partial charge in [0.15, 0.2) is 0 Å². The summed E-state index contributed by atoms with van der Waals surface area (Å²) < 4.78 is 13.2. The van der Waals surface area contributed by atoms with Crippen molar-refractivity contribution in [2.75, 3.05) is 0 Å². The quantitative estimate of drug-likeness (QED) is 0.330. The fourth-order valence-electron chi connectivity index (χ4n) is 7.39. The third-order valence-corrected chi connectivity index (χ3v) is 11.6. The van der Waals surface area contributed by atoms with E-state index < -0.39 is 10.3 Å². The van der Waals surface area contributed by atoms with E-state index in [9.17, 15) is 4.79 Å². The Kier molecular flexibility index (Phi) is 6.14. The van der Waals surface area contributed by atoms with Crippen LogP contribution in [0.2, 0.25) is 0 Å². The Bertz CT molecular complexity index is 1170. The lowest BCUT2D eigenvalue weighted by Crippen LogP contribution is -2.50. The molecule has 4 saturated carbocycles. The Balaban J connectivity index is 1.46. The fraction of sp³-hybridized carbons (Fsp3) is 0.424. The minimum atomic E-state index is -2.29. The van der Waals surface area contributed by atoms with E-state index in [1.54, 1.807) is 0 Å². The highest BCUT2D eigenvalue weighted by molar-refractivity contribution is 8.30. The molecule has 0 N–H and O–H groups in total. The summed E-state index contributed by atoms with van der Waals surface area (Å²) in [6, 6.07) is 29.0. The molecule has 0 saturated heterocycles. The highest BCUT2D eigenvalue weighted by Gasteiger charge is 2.57. The topological polar surface area (TPSA) is 35.5 Å². The summed E-state index contributed by atoms with van der Waals surface area (Å²) in [5.74, 6) is 2.89. The van der Waals surface area contributed by atoms with Crippen molar-refractivity contribution in [2.45, 2.75) is 79.6 Å². The zero-order chi connectivity index (χ0) is 25.7. The molecule has 194 valence electrons. The van der Waals surface area contributed by atoms with E-state index in [1.165, 1.54) is 19.3 Å². The fourth-order valence-corrected chi connectivity index (χ4v) is 10.5. The molecule has 0 unspecified atom stereocenters. The predicted octanol–water partition coefficient (Wildman–Crippen LogP) is 8.82. The maximum Gasteiger partial charge on any atom is 0.323 e. The molecule has 37 heavy (non-hydrogen) atoms. The van der Waals surface area contributed by atoms with Crippen molar-refractivity contribution in [3.63, 3.8) is 0 Å². The van der Waals surface area contributed by atoms with Gasteiger partial charge in [-0.25, -0.2) is 0 Å². The number of hydrogen-bond acceptors (Lipinski definition) is 3. The van der Waals surface area contributed by atoms with Crippen LogP contribution >= 0.6 is 10.3 Å². The summed E-state index contributed by atoms with van der Waals surface area (Å²) in [5, 5.41) is 0. The Hall–Kier alpha value is -2.72. The molecule has 4 fully saturated rings. The van der Waals surface area contributed by atoms with Crippen LogP contribution in [-0.2, 0) is 8.98 Å². The van der Waals surface area contributed by atoms with Gasteiger partial charge in [0, 0.05) is 14.7 Å². The molecule has 0 radical (unpaired) electrons. The van der Waals surface area contributed by atoms with Gasteiger partial charge in [-0.3, -0.25) is 4.79 Å². The van der Waals surface area contributed by atoms with Crippen LogP contribution in [0, 0.1) is 23.2 Å². The van der Waals surface area contributed by atoms with E-state index in [0.717, 1.165) is 39.7 Å². The Morgan fingerprint density at radius 3 is 1.57 bits per heavy atom. The third-order valence-electron chi connectivity index (χ3n) is 8.40. The molecule has 0 aromatic heterocycles.